The summed E-state index contributed by atoms with van der Waals surface area (Å²) in [7, 11) is -3.32. The molecule has 1 aromatic carbocycles. The zero-order chi connectivity index (χ0) is 19.6. The van der Waals surface area contributed by atoms with Crippen LogP contribution in [-0.4, -0.2) is 54.4 Å². The van der Waals surface area contributed by atoms with Crippen LogP contribution in [0.1, 0.15) is 35.3 Å². The molecule has 27 heavy (non-hydrogen) atoms. The number of aromatic nitrogens is 2. The number of carbonyl (C=O) groups is 1. The molecular weight excluding hydrogens is 371 g/mol. The van der Waals surface area contributed by atoms with E-state index < -0.39 is 10.0 Å². The van der Waals surface area contributed by atoms with E-state index in [0.717, 1.165) is 25.5 Å². The average molecular weight is 394 g/mol. The van der Waals surface area contributed by atoms with Gasteiger partial charge in [0.25, 0.3) is 5.91 Å². The number of hydrogen-bond acceptors (Lipinski definition) is 4. The van der Waals surface area contributed by atoms with Crippen LogP contribution in [0.15, 0.2) is 30.5 Å². The molecule has 1 aromatic heterocycles. The van der Waals surface area contributed by atoms with E-state index in [2.05, 4.69) is 9.82 Å². The molecule has 2 heterocycles. The molecule has 0 spiro atoms. The van der Waals surface area contributed by atoms with Crippen LogP contribution in [0.2, 0.25) is 0 Å². The summed E-state index contributed by atoms with van der Waals surface area (Å²) < 4.78 is 40.0. The van der Waals surface area contributed by atoms with E-state index >= 15 is 0 Å². The van der Waals surface area contributed by atoms with E-state index in [1.54, 1.807) is 28.6 Å². The molecule has 1 saturated heterocycles. The average Bonchev–Trinajstić information content (AvgIpc) is 3.01. The SMILES string of the molecule is Cc1c(C(=O)N2CCCC[C@H]2CNS(C)(=O)=O)cnn1-c1ccc(F)cc1. The number of amides is 1. The van der Waals surface area contributed by atoms with Crippen molar-refractivity contribution in [2.45, 2.75) is 32.2 Å². The normalized spacial score (nSPS) is 17.9. The van der Waals surface area contributed by atoms with Gasteiger partial charge in [0.1, 0.15) is 5.82 Å². The second kappa shape index (κ2) is 7.77. The number of nitrogens with zero attached hydrogens (tertiary/aromatic N) is 3. The van der Waals surface area contributed by atoms with Gasteiger partial charge in [0.05, 0.1) is 29.4 Å². The first-order chi connectivity index (χ1) is 12.8. The van der Waals surface area contributed by atoms with Crippen LogP contribution in [-0.2, 0) is 10.0 Å². The van der Waals surface area contributed by atoms with Gasteiger partial charge in [0.2, 0.25) is 10.0 Å². The summed E-state index contributed by atoms with van der Waals surface area (Å²) in [5, 5.41) is 4.28. The Morgan fingerprint density at radius 1 is 1.30 bits per heavy atom. The molecule has 1 fully saturated rings. The van der Waals surface area contributed by atoms with Crippen LogP contribution in [0.3, 0.4) is 0 Å². The Morgan fingerprint density at radius 3 is 2.67 bits per heavy atom. The smallest absolute Gasteiger partial charge is 0.257 e. The molecule has 1 aliphatic heterocycles. The molecule has 1 aliphatic rings. The number of benzene rings is 1. The zero-order valence-corrected chi connectivity index (χ0v) is 16.2. The van der Waals surface area contributed by atoms with Crippen molar-refractivity contribution < 1.29 is 17.6 Å². The van der Waals surface area contributed by atoms with Gasteiger partial charge in [-0.1, -0.05) is 0 Å². The standard InChI is InChI=1S/C18H23FN4O3S/c1-13-17(12-20-23(13)15-8-6-14(19)7-9-15)18(24)22-10-4-3-5-16(22)11-21-27(2,25)26/h6-9,12,16,21H,3-5,10-11H2,1-2H3/t16-/m0/s1. The molecule has 0 unspecified atom stereocenters. The lowest BCUT2D eigenvalue weighted by Gasteiger charge is -2.35. The topological polar surface area (TPSA) is 84.3 Å². The third-order valence-corrected chi connectivity index (χ3v) is 5.47. The molecule has 0 bridgehead atoms. The third kappa shape index (κ3) is 4.54. The monoisotopic (exact) mass is 394 g/mol. The van der Waals surface area contributed by atoms with Crippen molar-refractivity contribution in [1.82, 2.24) is 19.4 Å². The maximum Gasteiger partial charge on any atom is 0.257 e. The summed E-state index contributed by atoms with van der Waals surface area (Å²) in [6.45, 7) is 2.57. The fourth-order valence-corrected chi connectivity index (χ4v) is 3.84. The van der Waals surface area contributed by atoms with E-state index in [4.69, 9.17) is 0 Å². The Hall–Kier alpha value is -2.26. The number of halogens is 1. The largest absolute Gasteiger partial charge is 0.334 e. The molecule has 0 saturated carbocycles. The summed E-state index contributed by atoms with van der Waals surface area (Å²) in [5.74, 6) is -0.504. The highest BCUT2D eigenvalue weighted by molar-refractivity contribution is 7.88. The zero-order valence-electron chi connectivity index (χ0n) is 15.4. The molecule has 0 aliphatic carbocycles. The third-order valence-electron chi connectivity index (χ3n) is 4.78. The number of piperidine rings is 1. The lowest BCUT2D eigenvalue weighted by Crippen LogP contribution is -2.49. The molecule has 1 N–H and O–H groups in total. The van der Waals surface area contributed by atoms with Crippen molar-refractivity contribution in [2.24, 2.45) is 0 Å². The van der Waals surface area contributed by atoms with Gasteiger partial charge in [-0.2, -0.15) is 5.10 Å². The van der Waals surface area contributed by atoms with Crippen LogP contribution in [0.5, 0.6) is 0 Å². The second-order valence-corrected chi connectivity index (χ2v) is 8.63. The van der Waals surface area contributed by atoms with Crippen molar-refractivity contribution in [3.8, 4) is 5.69 Å². The van der Waals surface area contributed by atoms with Crippen LogP contribution in [0, 0.1) is 12.7 Å². The van der Waals surface area contributed by atoms with E-state index in [-0.39, 0.29) is 24.3 Å². The second-order valence-electron chi connectivity index (χ2n) is 6.80. The van der Waals surface area contributed by atoms with Crippen molar-refractivity contribution in [3.05, 3.63) is 47.5 Å². The number of rotatable bonds is 5. The summed E-state index contributed by atoms with van der Waals surface area (Å²) in [5.41, 5.74) is 1.79. The predicted molar refractivity (Wildman–Crippen MR) is 99.8 cm³/mol. The quantitative estimate of drug-likeness (QED) is 0.839. The highest BCUT2D eigenvalue weighted by Crippen LogP contribution is 2.22. The first-order valence-electron chi connectivity index (χ1n) is 8.82. The van der Waals surface area contributed by atoms with Crippen molar-refractivity contribution >= 4 is 15.9 Å². The molecule has 3 rings (SSSR count). The van der Waals surface area contributed by atoms with E-state index in [1.165, 1.54) is 18.3 Å². The van der Waals surface area contributed by atoms with Crippen LogP contribution >= 0.6 is 0 Å². The number of nitrogens with one attached hydrogen (secondary N) is 1. The predicted octanol–water partition coefficient (Wildman–Crippen LogP) is 1.86. The minimum Gasteiger partial charge on any atom is -0.334 e. The summed E-state index contributed by atoms with van der Waals surface area (Å²) in [6.07, 6.45) is 5.20. The Morgan fingerprint density at radius 2 is 2.00 bits per heavy atom. The maximum atomic E-state index is 13.1. The molecule has 146 valence electrons. The molecule has 2 aromatic rings. The van der Waals surface area contributed by atoms with Gasteiger partial charge in [-0.05, 0) is 50.5 Å². The first-order valence-corrected chi connectivity index (χ1v) is 10.7. The summed E-state index contributed by atoms with van der Waals surface area (Å²) in [4.78, 5) is 14.8. The number of likely N-dealkylation sites (tertiary alicyclic amines) is 1. The van der Waals surface area contributed by atoms with Gasteiger partial charge in [0.15, 0.2) is 0 Å². The molecular formula is C18H23FN4O3S. The molecule has 9 heteroatoms. The van der Waals surface area contributed by atoms with Crippen LogP contribution < -0.4 is 4.72 Å². The number of hydrogen-bond donors (Lipinski definition) is 1. The minimum atomic E-state index is -3.32. The lowest BCUT2D eigenvalue weighted by molar-refractivity contribution is 0.0618. The van der Waals surface area contributed by atoms with Crippen molar-refractivity contribution in [1.29, 1.82) is 0 Å². The molecule has 0 radical (unpaired) electrons. The Kier molecular flexibility index (Phi) is 5.61. The minimum absolute atomic E-state index is 0.166. The van der Waals surface area contributed by atoms with E-state index in [9.17, 15) is 17.6 Å². The first kappa shape index (κ1) is 19.5. The van der Waals surface area contributed by atoms with Crippen molar-refractivity contribution in [2.75, 3.05) is 19.3 Å². The van der Waals surface area contributed by atoms with Gasteiger partial charge < -0.3 is 4.90 Å². The summed E-state index contributed by atoms with van der Waals surface area (Å²) >= 11 is 0. The Labute approximate surface area is 158 Å². The molecule has 1 amide bonds. The van der Waals surface area contributed by atoms with Gasteiger partial charge in [0, 0.05) is 19.1 Å². The fraction of sp³-hybridized carbons (Fsp3) is 0.444. The van der Waals surface area contributed by atoms with E-state index in [0.29, 0.717) is 23.5 Å². The Balaban J connectivity index is 1.82. The highest BCUT2D eigenvalue weighted by Gasteiger charge is 2.30. The van der Waals surface area contributed by atoms with Crippen LogP contribution in [0.25, 0.3) is 5.69 Å². The highest BCUT2D eigenvalue weighted by atomic mass is 32.2. The molecule has 7 nitrogen and oxygen atoms in total. The maximum absolute atomic E-state index is 13.1. The fourth-order valence-electron chi connectivity index (χ4n) is 3.34. The Bertz CT molecular complexity index is 925. The van der Waals surface area contributed by atoms with Gasteiger partial charge in [-0.15, -0.1) is 0 Å². The lowest BCUT2D eigenvalue weighted by atomic mass is 10.0. The van der Waals surface area contributed by atoms with Gasteiger partial charge in [-0.3, -0.25) is 4.79 Å². The summed E-state index contributed by atoms with van der Waals surface area (Å²) in [6, 6.07) is 5.70. The number of sulfonamides is 1. The van der Waals surface area contributed by atoms with Crippen molar-refractivity contribution in [3.63, 3.8) is 0 Å². The number of carbonyl (C=O) groups excluding carboxylic acids is 1. The van der Waals surface area contributed by atoms with Gasteiger partial charge in [-0.25, -0.2) is 22.2 Å². The molecule has 1 atom stereocenters. The van der Waals surface area contributed by atoms with E-state index in [1.807, 2.05) is 0 Å². The van der Waals surface area contributed by atoms with Gasteiger partial charge >= 0.3 is 0 Å². The van der Waals surface area contributed by atoms with Crippen LogP contribution in [0.4, 0.5) is 4.39 Å².